The fourth-order valence-electron chi connectivity index (χ4n) is 10.5. The van der Waals surface area contributed by atoms with Gasteiger partial charge in [0.2, 0.25) is 23.6 Å². The number of thiophene rings is 1. The average Bonchev–Trinajstić information content (AvgIpc) is 4.00. The van der Waals surface area contributed by atoms with Gasteiger partial charge in [-0.2, -0.15) is 8.78 Å². The SMILES string of the molecule is Cn1c(=O)n(C2CCC(=O)NC2=O)c2ccc(CN3CC(C[C@@H]4CCN(C(=O)[C@@H](NC(=O)c5cc6cc(C(F)(F)P(=O)(O)O)ccc6s5)C(C)(C)C)[C@@H]4C(=O)N4CCO[C@H](c5ccccc5)C4)C3)cc21. The number of imide groups is 1. The molecule has 0 spiro atoms. The topological polar surface area (TPSA) is 213 Å². The number of piperidine rings is 1. The summed E-state index contributed by atoms with van der Waals surface area (Å²) in [5.41, 5.74) is -3.32. The molecule has 0 radical (unpaired) electrons. The first-order valence-electron chi connectivity index (χ1n) is 23.4. The van der Waals surface area contributed by atoms with Gasteiger partial charge in [0.25, 0.3) is 5.91 Å². The number of likely N-dealkylation sites (tertiary alicyclic amines) is 2. The summed E-state index contributed by atoms with van der Waals surface area (Å²) in [7, 11) is -4.17. The summed E-state index contributed by atoms with van der Waals surface area (Å²) in [5.74, 6) is -2.09. The normalized spacial score (nSPS) is 22.3. The molecule has 372 valence electrons. The Bertz CT molecular complexity index is 3000. The van der Waals surface area contributed by atoms with Gasteiger partial charge in [-0.05, 0) is 83.4 Å². The van der Waals surface area contributed by atoms with Crippen molar-refractivity contribution in [3.63, 3.8) is 0 Å². The standard InChI is InChI=1S/C49H56F2N7O10PS/c1-48(2,3)42(53-44(61)39-23-32-22-33(11-14-38(32)70-39)49(50,51)69(65,66)67)46(63)57-17-16-31(41(57)45(62)56-18-19-68-37(27-56)30-8-6-5-7-9-30)20-29-25-55(26-29)24-28-10-12-34-36(21-28)54(4)47(64)58(34)35-13-15-40(59)52-43(35)60/h5-12,14,21-23,29,31,35,37,41-42H,13,15-20,24-27H2,1-4H3,(H,53,61)(H,52,59,60)(H2,65,66,67)/t31-,35?,37-,41-,42+/m0/s1. The Morgan fingerprint density at radius 2 is 1.69 bits per heavy atom. The Hall–Kier alpha value is -5.63. The maximum atomic E-state index is 15.0. The Kier molecular flexibility index (Phi) is 13.3. The van der Waals surface area contributed by atoms with Crippen molar-refractivity contribution in [3.05, 3.63) is 105 Å². The molecule has 0 saturated carbocycles. The van der Waals surface area contributed by atoms with Crippen molar-refractivity contribution >= 4 is 69.6 Å². The molecule has 0 bridgehead atoms. The van der Waals surface area contributed by atoms with Gasteiger partial charge in [0.1, 0.15) is 24.2 Å². The van der Waals surface area contributed by atoms with Gasteiger partial charge in [-0.1, -0.05) is 63.2 Å². The van der Waals surface area contributed by atoms with Crippen LogP contribution in [-0.2, 0) is 47.7 Å². The molecule has 4 saturated heterocycles. The zero-order valence-corrected chi connectivity index (χ0v) is 40.9. The number of imidazole rings is 1. The number of benzene rings is 3. The van der Waals surface area contributed by atoms with Crippen LogP contribution in [0.5, 0.6) is 0 Å². The van der Waals surface area contributed by atoms with Crippen molar-refractivity contribution < 1.29 is 51.8 Å². The summed E-state index contributed by atoms with van der Waals surface area (Å²) in [6.07, 6.45) is 1.26. The predicted octanol–water partition coefficient (Wildman–Crippen LogP) is 5.24. The van der Waals surface area contributed by atoms with Gasteiger partial charge < -0.3 is 29.6 Å². The quantitative estimate of drug-likeness (QED) is 0.0938. The Balaban J connectivity index is 0.920. The van der Waals surface area contributed by atoms with E-state index in [-0.39, 0.29) is 65.1 Å². The summed E-state index contributed by atoms with van der Waals surface area (Å²) in [5, 5.41) is 5.42. The first kappa shape index (κ1) is 49.4. The first-order valence-corrected chi connectivity index (χ1v) is 25.8. The number of morpholine rings is 1. The highest BCUT2D eigenvalue weighted by Gasteiger charge is 2.51. The number of nitrogens with one attached hydrogen (secondary N) is 2. The van der Waals surface area contributed by atoms with Crippen LogP contribution in [0.15, 0.2) is 77.6 Å². The summed E-state index contributed by atoms with van der Waals surface area (Å²) in [4.78, 5) is 106. The minimum absolute atomic E-state index is 0.102. The molecule has 9 rings (SSSR count). The molecule has 5 aromatic rings. The Morgan fingerprint density at radius 1 is 0.943 bits per heavy atom. The molecule has 1 unspecified atom stereocenters. The predicted molar refractivity (Wildman–Crippen MR) is 256 cm³/mol. The van der Waals surface area contributed by atoms with Gasteiger partial charge in [0.05, 0.1) is 29.1 Å². The molecule has 4 aliphatic rings. The first-order chi connectivity index (χ1) is 33.1. The molecular weight excluding hydrogens is 948 g/mol. The summed E-state index contributed by atoms with van der Waals surface area (Å²) in [6.45, 7) is 8.72. The van der Waals surface area contributed by atoms with E-state index in [2.05, 4.69) is 15.5 Å². The largest absolute Gasteiger partial charge is 0.399 e. The second kappa shape index (κ2) is 18.8. The lowest BCUT2D eigenvalue weighted by Crippen LogP contribution is -2.60. The molecule has 17 nitrogen and oxygen atoms in total. The van der Waals surface area contributed by atoms with Crippen LogP contribution in [0.3, 0.4) is 0 Å². The molecule has 4 fully saturated rings. The van der Waals surface area contributed by atoms with Gasteiger partial charge in [-0.25, -0.2) is 4.79 Å². The highest BCUT2D eigenvalue weighted by molar-refractivity contribution is 7.52. The zero-order valence-electron chi connectivity index (χ0n) is 39.2. The van der Waals surface area contributed by atoms with Crippen LogP contribution in [0.2, 0.25) is 0 Å². The van der Waals surface area contributed by atoms with Crippen LogP contribution >= 0.6 is 18.9 Å². The van der Waals surface area contributed by atoms with Crippen LogP contribution < -0.4 is 16.3 Å². The van der Waals surface area contributed by atoms with E-state index in [0.717, 1.165) is 47.7 Å². The summed E-state index contributed by atoms with van der Waals surface area (Å²) >= 11 is 0.986. The number of carbonyl (C=O) groups excluding carboxylic acids is 5. The molecule has 2 aromatic heterocycles. The monoisotopic (exact) mass is 1000 g/mol. The van der Waals surface area contributed by atoms with Crippen LogP contribution in [0.1, 0.15) is 85.0 Å². The molecule has 4 aliphatic heterocycles. The van der Waals surface area contributed by atoms with E-state index in [1.54, 1.807) is 16.8 Å². The number of fused-ring (bicyclic) bond motifs is 2. The smallest absolute Gasteiger partial charge is 0.370 e. The fourth-order valence-corrected chi connectivity index (χ4v) is 11.9. The van der Waals surface area contributed by atoms with E-state index in [1.165, 1.54) is 21.3 Å². The molecule has 5 amide bonds. The van der Waals surface area contributed by atoms with Gasteiger partial charge in [0.15, 0.2) is 0 Å². The summed E-state index contributed by atoms with van der Waals surface area (Å²) < 4.78 is 50.3. The number of aromatic nitrogens is 2. The number of aryl methyl sites for hydroxylation is 1. The van der Waals surface area contributed by atoms with Crippen molar-refractivity contribution in [3.8, 4) is 0 Å². The number of hydrogen-bond acceptors (Lipinski definition) is 10. The number of halogens is 2. The van der Waals surface area contributed by atoms with Crippen molar-refractivity contribution in [2.24, 2.45) is 24.3 Å². The van der Waals surface area contributed by atoms with Crippen LogP contribution in [0, 0.1) is 17.3 Å². The van der Waals surface area contributed by atoms with E-state index >= 15 is 0 Å². The number of carbonyl (C=O) groups is 5. The summed E-state index contributed by atoms with van der Waals surface area (Å²) in [6, 6.07) is 17.1. The number of amides is 5. The molecule has 5 atom stereocenters. The van der Waals surface area contributed by atoms with E-state index in [4.69, 9.17) is 4.74 Å². The van der Waals surface area contributed by atoms with Crippen LogP contribution in [0.25, 0.3) is 21.1 Å². The maximum Gasteiger partial charge on any atom is 0.399 e. The lowest BCUT2D eigenvalue weighted by atomic mass is 9.83. The molecule has 3 aromatic carbocycles. The van der Waals surface area contributed by atoms with Crippen LogP contribution in [-0.4, -0.2) is 115 Å². The van der Waals surface area contributed by atoms with E-state index in [0.29, 0.717) is 54.8 Å². The molecule has 70 heavy (non-hydrogen) atoms. The van der Waals surface area contributed by atoms with Crippen LogP contribution in [0.4, 0.5) is 8.78 Å². The minimum atomic E-state index is -5.83. The second-order valence-corrected chi connectivity index (χ2v) is 22.8. The average molecular weight is 1000 g/mol. The molecular formula is C49H56F2N7O10PS. The number of alkyl halides is 2. The fraction of sp³-hybridized carbons (Fsp3) is 0.469. The Labute approximate surface area is 405 Å². The number of hydrogen-bond donors (Lipinski definition) is 4. The second-order valence-electron chi connectivity index (χ2n) is 20.1. The van der Waals surface area contributed by atoms with E-state index in [9.17, 15) is 51.9 Å². The molecule has 0 aliphatic carbocycles. The highest BCUT2D eigenvalue weighted by Crippen LogP contribution is 2.59. The number of rotatable bonds is 12. The van der Waals surface area contributed by atoms with Gasteiger partial charge in [-0.3, -0.25) is 47.9 Å². The van der Waals surface area contributed by atoms with Crippen molar-refractivity contribution in [1.82, 2.24) is 34.5 Å². The van der Waals surface area contributed by atoms with Gasteiger partial charge >= 0.3 is 18.9 Å². The Morgan fingerprint density at radius 3 is 2.39 bits per heavy atom. The van der Waals surface area contributed by atoms with Gasteiger partial charge in [0, 0.05) is 56.5 Å². The molecule has 6 heterocycles. The lowest BCUT2D eigenvalue weighted by Gasteiger charge is -2.43. The third-order valence-corrected chi connectivity index (χ3v) is 16.3. The lowest BCUT2D eigenvalue weighted by molar-refractivity contribution is -0.152. The van der Waals surface area contributed by atoms with Crippen molar-refractivity contribution in [2.75, 3.05) is 39.3 Å². The van der Waals surface area contributed by atoms with E-state index < -0.39 is 60.1 Å². The number of ether oxygens (including phenoxy) is 1. The highest BCUT2D eigenvalue weighted by atomic mass is 32.1. The molecule has 4 N–H and O–H groups in total. The third kappa shape index (κ3) is 9.49. The number of nitrogens with zero attached hydrogens (tertiary/aromatic N) is 5. The van der Waals surface area contributed by atoms with Crippen molar-refractivity contribution in [2.45, 2.75) is 82.9 Å². The van der Waals surface area contributed by atoms with Crippen molar-refractivity contribution in [1.29, 1.82) is 0 Å². The van der Waals surface area contributed by atoms with Gasteiger partial charge in [-0.15, -0.1) is 11.3 Å². The minimum Gasteiger partial charge on any atom is -0.370 e. The zero-order chi connectivity index (χ0) is 50.0. The van der Waals surface area contributed by atoms with E-state index in [1.807, 2.05) is 69.3 Å². The molecule has 21 heteroatoms. The third-order valence-electron chi connectivity index (χ3n) is 14.2. The maximum absolute atomic E-state index is 15.0.